The number of hydrogen-bond acceptors (Lipinski definition) is 6. The highest BCUT2D eigenvalue weighted by Gasteiger charge is 2.27. The normalized spacial score (nSPS) is 13.7. The fourth-order valence-corrected chi connectivity index (χ4v) is 4.03. The molecule has 5 aromatic heterocycles. The molecule has 1 aliphatic carbocycles. The topological polar surface area (TPSA) is 91.6 Å². The zero-order valence-corrected chi connectivity index (χ0v) is 18.3. The van der Waals surface area contributed by atoms with Crippen molar-refractivity contribution in [1.29, 1.82) is 0 Å². The Morgan fingerprint density at radius 3 is 2.88 bits per heavy atom. The molecule has 1 saturated carbocycles. The Kier molecular flexibility index (Phi) is 4.80. The summed E-state index contributed by atoms with van der Waals surface area (Å²) in [5, 5.41) is 7.73. The first kappa shape index (κ1) is 20.7. The molecule has 6 rings (SSSR count). The molecule has 0 radical (unpaired) electrons. The highest BCUT2D eigenvalue weighted by Crippen LogP contribution is 2.41. The summed E-state index contributed by atoms with van der Waals surface area (Å²) in [6.07, 6.45) is 9.96. The second-order valence-corrected chi connectivity index (χ2v) is 8.56. The number of esters is 1. The number of aromatic nitrogens is 7. The number of pyridine rings is 2. The summed E-state index contributed by atoms with van der Waals surface area (Å²) in [5.41, 5.74) is 2.17. The molecule has 34 heavy (non-hydrogen) atoms. The maximum Gasteiger partial charge on any atom is 0.360 e. The van der Waals surface area contributed by atoms with Gasteiger partial charge < -0.3 is 13.5 Å². The van der Waals surface area contributed by atoms with Crippen LogP contribution in [0.2, 0.25) is 5.02 Å². The van der Waals surface area contributed by atoms with Crippen molar-refractivity contribution in [3.8, 4) is 0 Å². The van der Waals surface area contributed by atoms with Crippen LogP contribution >= 0.6 is 11.6 Å². The maximum absolute atomic E-state index is 14.3. The number of rotatable bonds is 6. The van der Waals surface area contributed by atoms with Gasteiger partial charge in [0.2, 0.25) is 0 Å². The van der Waals surface area contributed by atoms with Crippen LogP contribution in [0.5, 0.6) is 0 Å². The van der Waals surface area contributed by atoms with E-state index in [1.165, 1.54) is 33.7 Å². The molecular formula is C22H16ClF2N7O2. The van der Waals surface area contributed by atoms with Crippen LogP contribution in [-0.4, -0.2) is 39.7 Å². The summed E-state index contributed by atoms with van der Waals surface area (Å²) in [5.74, 6) is -1.34. The molecule has 9 nitrogen and oxygen atoms in total. The molecule has 1 aliphatic rings. The number of carbonyl (C=O) groups excluding carboxylic acids is 1. The van der Waals surface area contributed by atoms with Gasteiger partial charge in [0, 0.05) is 30.2 Å². The fraction of sp³-hybridized carbons (Fsp3) is 0.227. The molecule has 0 saturated heterocycles. The van der Waals surface area contributed by atoms with Gasteiger partial charge in [-0.2, -0.15) is 0 Å². The monoisotopic (exact) mass is 483 g/mol. The molecule has 0 aliphatic heterocycles. The minimum Gasteiger partial charge on any atom is -0.454 e. The van der Waals surface area contributed by atoms with Crippen molar-refractivity contribution >= 4 is 28.7 Å². The standard InChI is InChI=1S/C22H16ClF2N7O2/c23-15-3-4-30-11-26-18(21(30)20(15)25)10-34-22(33)17-9-32(29-28-17)7-13-6-31-8-14(12-1-2-12)16(24)5-19(31)27-13/h3-6,8-9,11-12H,1-2,7,10H2. The molecule has 0 spiro atoms. The Balaban J connectivity index is 1.15. The minimum absolute atomic E-state index is 0.0205. The van der Waals surface area contributed by atoms with Crippen LogP contribution in [0.3, 0.4) is 0 Å². The molecule has 0 aromatic carbocycles. The summed E-state index contributed by atoms with van der Waals surface area (Å²) in [6, 6.07) is 2.84. The third kappa shape index (κ3) is 3.67. The Morgan fingerprint density at radius 2 is 2.06 bits per heavy atom. The lowest BCUT2D eigenvalue weighted by atomic mass is 10.2. The summed E-state index contributed by atoms with van der Waals surface area (Å²) in [6.45, 7) is -0.0292. The fourth-order valence-electron chi connectivity index (χ4n) is 3.88. The van der Waals surface area contributed by atoms with E-state index in [0.717, 1.165) is 12.8 Å². The third-order valence-corrected chi connectivity index (χ3v) is 6.01. The molecule has 0 bridgehead atoms. The summed E-state index contributed by atoms with van der Waals surface area (Å²) in [7, 11) is 0. The zero-order chi connectivity index (χ0) is 23.4. The Morgan fingerprint density at radius 1 is 1.21 bits per heavy atom. The summed E-state index contributed by atoms with van der Waals surface area (Å²) < 4.78 is 38.5. The van der Waals surface area contributed by atoms with Gasteiger partial charge in [-0.25, -0.2) is 28.2 Å². The molecule has 5 aromatic rings. The van der Waals surface area contributed by atoms with Gasteiger partial charge in [0.25, 0.3) is 0 Å². The number of carbonyl (C=O) groups is 1. The van der Waals surface area contributed by atoms with Crippen molar-refractivity contribution in [3.63, 3.8) is 0 Å². The third-order valence-electron chi connectivity index (χ3n) is 5.72. The SMILES string of the molecule is O=C(OCc1ncn2ccc(Cl)c(F)c12)c1cn(Cc2cn3cc(C4CC4)c(F)cc3n2)nn1. The predicted molar refractivity (Wildman–Crippen MR) is 116 cm³/mol. The van der Waals surface area contributed by atoms with Crippen molar-refractivity contribution in [3.05, 3.63) is 82.5 Å². The van der Waals surface area contributed by atoms with E-state index in [9.17, 15) is 13.6 Å². The van der Waals surface area contributed by atoms with E-state index in [0.29, 0.717) is 16.9 Å². The van der Waals surface area contributed by atoms with Crippen LogP contribution in [0.25, 0.3) is 11.2 Å². The van der Waals surface area contributed by atoms with E-state index >= 15 is 0 Å². The number of halogens is 3. The van der Waals surface area contributed by atoms with E-state index in [1.807, 2.05) is 0 Å². The van der Waals surface area contributed by atoms with E-state index in [-0.39, 0.29) is 46.8 Å². The van der Waals surface area contributed by atoms with Gasteiger partial charge in [0.05, 0.1) is 29.8 Å². The van der Waals surface area contributed by atoms with E-state index in [4.69, 9.17) is 16.3 Å². The first-order valence-electron chi connectivity index (χ1n) is 10.5. The molecular weight excluding hydrogens is 468 g/mol. The highest BCUT2D eigenvalue weighted by atomic mass is 35.5. The van der Waals surface area contributed by atoms with Crippen LogP contribution in [0.4, 0.5) is 8.78 Å². The van der Waals surface area contributed by atoms with Gasteiger partial charge in [-0.3, -0.25) is 0 Å². The smallest absolute Gasteiger partial charge is 0.360 e. The van der Waals surface area contributed by atoms with Gasteiger partial charge in [-0.1, -0.05) is 16.8 Å². The molecule has 0 atom stereocenters. The molecule has 0 N–H and O–H groups in total. The molecule has 0 amide bonds. The lowest BCUT2D eigenvalue weighted by Crippen LogP contribution is -2.06. The largest absolute Gasteiger partial charge is 0.454 e. The van der Waals surface area contributed by atoms with Crippen molar-refractivity contribution in [1.82, 2.24) is 33.8 Å². The lowest BCUT2D eigenvalue weighted by Gasteiger charge is -2.03. The average molecular weight is 484 g/mol. The van der Waals surface area contributed by atoms with Gasteiger partial charge in [-0.05, 0) is 24.8 Å². The molecule has 12 heteroatoms. The van der Waals surface area contributed by atoms with Crippen molar-refractivity contribution in [2.24, 2.45) is 0 Å². The summed E-state index contributed by atoms with van der Waals surface area (Å²) >= 11 is 5.83. The maximum atomic E-state index is 14.3. The molecule has 172 valence electrons. The quantitative estimate of drug-likeness (QED) is 0.341. The van der Waals surface area contributed by atoms with Crippen molar-refractivity contribution < 1.29 is 18.3 Å². The van der Waals surface area contributed by atoms with E-state index in [2.05, 4.69) is 20.3 Å². The van der Waals surface area contributed by atoms with Crippen LogP contribution in [0, 0.1) is 11.6 Å². The van der Waals surface area contributed by atoms with Gasteiger partial charge >= 0.3 is 5.97 Å². The summed E-state index contributed by atoms with van der Waals surface area (Å²) in [4.78, 5) is 20.9. The first-order valence-corrected chi connectivity index (χ1v) is 10.9. The highest BCUT2D eigenvalue weighted by molar-refractivity contribution is 6.31. The second-order valence-electron chi connectivity index (χ2n) is 8.15. The molecule has 1 fully saturated rings. The predicted octanol–water partition coefficient (Wildman–Crippen LogP) is 3.79. The first-order chi connectivity index (χ1) is 16.5. The lowest BCUT2D eigenvalue weighted by molar-refractivity contribution is 0.0462. The molecule has 0 unspecified atom stereocenters. The van der Waals surface area contributed by atoms with Crippen LogP contribution in [-0.2, 0) is 17.9 Å². The van der Waals surface area contributed by atoms with Crippen molar-refractivity contribution in [2.45, 2.75) is 31.9 Å². The Labute approximate surface area is 195 Å². The number of ether oxygens (including phenoxy) is 1. The van der Waals surface area contributed by atoms with Crippen LogP contribution < -0.4 is 0 Å². The number of hydrogen-bond donors (Lipinski definition) is 0. The van der Waals surface area contributed by atoms with E-state index in [1.54, 1.807) is 23.0 Å². The zero-order valence-electron chi connectivity index (χ0n) is 17.5. The van der Waals surface area contributed by atoms with Gasteiger partial charge in [0.15, 0.2) is 11.5 Å². The van der Waals surface area contributed by atoms with Crippen LogP contribution in [0.1, 0.15) is 46.2 Å². The van der Waals surface area contributed by atoms with Crippen LogP contribution in [0.15, 0.2) is 43.2 Å². The van der Waals surface area contributed by atoms with Gasteiger partial charge in [0.1, 0.15) is 29.3 Å². The number of nitrogens with zero attached hydrogens (tertiary/aromatic N) is 7. The Bertz CT molecular complexity index is 1570. The van der Waals surface area contributed by atoms with Crippen molar-refractivity contribution in [2.75, 3.05) is 0 Å². The Hall–Kier alpha value is -3.86. The minimum atomic E-state index is -0.735. The van der Waals surface area contributed by atoms with Gasteiger partial charge in [-0.15, -0.1) is 5.10 Å². The average Bonchev–Trinajstić information content (AvgIpc) is 3.22. The number of fused-ring (bicyclic) bond motifs is 2. The number of imidazole rings is 2. The second kappa shape index (κ2) is 7.87. The van der Waals surface area contributed by atoms with E-state index < -0.39 is 11.8 Å². The molecule has 5 heterocycles.